The summed E-state index contributed by atoms with van der Waals surface area (Å²) in [4.78, 5) is 0. The van der Waals surface area contributed by atoms with Crippen LogP contribution in [-0.2, 0) is 6.42 Å². The van der Waals surface area contributed by atoms with Crippen molar-refractivity contribution >= 4 is 0 Å². The number of hydrogen-bond donors (Lipinski definition) is 1. The highest BCUT2D eigenvalue weighted by atomic mass is 19.1. The van der Waals surface area contributed by atoms with Crippen molar-refractivity contribution in [2.24, 2.45) is 11.8 Å². The molecule has 2 saturated carbocycles. The van der Waals surface area contributed by atoms with Crippen LogP contribution < -0.4 is 5.32 Å². The summed E-state index contributed by atoms with van der Waals surface area (Å²) in [5.41, 5.74) is 1.16. The normalized spacial score (nSPS) is 21.2. The Kier molecular flexibility index (Phi) is 4.72. The van der Waals surface area contributed by atoms with E-state index in [-0.39, 0.29) is 5.82 Å². The molecule has 2 heteroatoms. The third-order valence-corrected chi connectivity index (χ3v) is 4.83. The summed E-state index contributed by atoms with van der Waals surface area (Å²) in [7, 11) is 0. The van der Waals surface area contributed by atoms with Crippen LogP contribution in [0.5, 0.6) is 0 Å². The van der Waals surface area contributed by atoms with E-state index in [0.29, 0.717) is 5.92 Å². The smallest absolute Gasteiger partial charge is 0.123 e. The van der Waals surface area contributed by atoms with Gasteiger partial charge in [-0.3, -0.25) is 0 Å². The molecule has 0 radical (unpaired) electrons. The predicted octanol–water partition coefficient (Wildman–Crippen LogP) is 4.32. The Morgan fingerprint density at radius 1 is 1.15 bits per heavy atom. The van der Waals surface area contributed by atoms with Crippen molar-refractivity contribution in [2.45, 2.75) is 57.4 Å². The fourth-order valence-corrected chi connectivity index (χ4v) is 3.57. The lowest BCUT2D eigenvalue weighted by Crippen LogP contribution is -2.27. The molecule has 2 aliphatic carbocycles. The van der Waals surface area contributed by atoms with E-state index < -0.39 is 0 Å². The first-order valence-corrected chi connectivity index (χ1v) is 8.27. The maximum absolute atomic E-state index is 13.3. The quantitative estimate of drug-likeness (QED) is 0.781. The van der Waals surface area contributed by atoms with Crippen LogP contribution in [0.4, 0.5) is 4.39 Å². The van der Waals surface area contributed by atoms with Crippen LogP contribution in [0, 0.1) is 17.7 Å². The molecule has 1 nitrogen and oxygen atoms in total. The van der Waals surface area contributed by atoms with Gasteiger partial charge < -0.3 is 5.32 Å². The van der Waals surface area contributed by atoms with Gasteiger partial charge in [-0.05, 0) is 61.8 Å². The zero-order valence-corrected chi connectivity index (χ0v) is 12.3. The summed E-state index contributed by atoms with van der Waals surface area (Å²) in [6.07, 6.45) is 10.7. The van der Waals surface area contributed by atoms with Crippen molar-refractivity contribution in [1.82, 2.24) is 5.32 Å². The van der Waals surface area contributed by atoms with Gasteiger partial charge in [-0.1, -0.05) is 37.8 Å². The highest BCUT2D eigenvalue weighted by Gasteiger charge is 2.24. The van der Waals surface area contributed by atoms with Crippen molar-refractivity contribution < 1.29 is 4.39 Å². The van der Waals surface area contributed by atoms with Gasteiger partial charge in [-0.25, -0.2) is 4.39 Å². The van der Waals surface area contributed by atoms with Gasteiger partial charge in [0.1, 0.15) is 5.82 Å². The molecule has 0 aliphatic heterocycles. The Labute approximate surface area is 122 Å². The number of rotatable bonds is 7. The van der Waals surface area contributed by atoms with E-state index in [2.05, 4.69) is 11.4 Å². The van der Waals surface area contributed by atoms with Gasteiger partial charge in [0.15, 0.2) is 0 Å². The lowest BCUT2D eigenvalue weighted by atomic mass is 9.88. The SMILES string of the molecule is Fc1cccc(CC(CNC2CC2)CC2CCCC2)c1. The minimum Gasteiger partial charge on any atom is -0.314 e. The molecule has 1 atom stereocenters. The molecule has 1 unspecified atom stereocenters. The summed E-state index contributed by atoms with van der Waals surface area (Å²) >= 11 is 0. The number of hydrogen-bond acceptors (Lipinski definition) is 1. The van der Waals surface area contributed by atoms with E-state index in [1.165, 1.54) is 51.0 Å². The van der Waals surface area contributed by atoms with E-state index in [0.717, 1.165) is 30.5 Å². The first-order chi connectivity index (χ1) is 9.79. The first kappa shape index (κ1) is 14.1. The van der Waals surface area contributed by atoms with Crippen LogP contribution in [0.15, 0.2) is 24.3 Å². The Balaban J connectivity index is 1.57. The van der Waals surface area contributed by atoms with Gasteiger partial charge in [0.25, 0.3) is 0 Å². The van der Waals surface area contributed by atoms with Crippen LogP contribution in [-0.4, -0.2) is 12.6 Å². The minimum atomic E-state index is -0.0998. The summed E-state index contributed by atoms with van der Waals surface area (Å²) in [5, 5.41) is 3.67. The Bertz CT molecular complexity index is 421. The zero-order chi connectivity index (χ0) is 13.8. The Morgan fingerprint density at radius 3 is 2.65 bits per heavy atom. The molecule has 1 N–H and O–H groups in total. The highest BCUT2D eigenvalue weighted by molar-refractivity contribution is 5.17. The fourth-order valence-electron chi connectivity index (χ4n) is 3.57. The van der Waals surface area contributed by atoms with Crippen LogP contribution in [0.2, 0.25) is 0 Å². The molecule has 1 aromatic rings. The van der Waals surface area contributed by atoms with Crippen LogP contribution in [0.25, 0.3) is 0 Å². The average Bonchev–Trinajstić information content (AvgIpc) is 3.12. The van der Waals surface area contributed by atoms with Gasteiger partial charge in [-0.2, -0.15) is 0 Å². The van der Waals surface area contributed by atoms with Crippen molar-refractivity contribution in [1.29, 1.82) is 0 Å². The topological polar surface area (TPSA) is 12.0 Å². The van der Waals surface area contributed by atoms with Crippen molar-refractivity contribution in [3.63, 3.8) is 0 Å². The van der Waals surface area contributed by atoms with E-state index in [4.69, 9.17) is 0 Å². The second-order valence-corrected chi connectivity index (χ2v) is 6.77. The van der Waals surface area contributed by atoms with Crippen LogP contribution in [0.3, 0.4) is 0 Å². The molecule has 1 aromatic carbocycles. The molecular weight excluding hydrogens is 249 g/mol. The van der Waals surface area contributed by atoms with E-state index in [1.54, 1.807) is 6.07 Å². The second kappa shape index (κ2) is 6.71. The minimum absolute atomic E-state index is 0.0998. The summed E-state index contributed by atoms with van der Waals surface area (Å²) in [6.45, 7) is 1.11. The maximum Gasteiger partial charge on any atom is 0.123 e. The average molecular weight is 275 g/mol. The largest absolute Gasteiger partial charge is 0.314 e. The predicted molar refractivity (Wildman–Crippen MR) is 81.2 cm³/mol. The molecule has 0 amide bonds. The molecule has 0 bridgehead atoms. The molecule has 2 fully saturated rings. The monoisotopic (exact) mass is 275 g/mol. The molecule has 0 spiro atoms. The van der Waals surface area contributed by atoms with Gasteiger partial charge in [0, 0.05) is 6.04 Å². The van der Waals surface area contributed by atoms with Crippen molar-refractivity contribution in [2.75, 3.05) is 6.54 Å². The molecule has 110 valence electrons. The standard InChI is InChI=1S/C18H26FN/c19-17-7-3-6-15(12-17)11-16(13-20-18-8-9-18)10-14-4-1-2-5-14/h3,6-7,12,14,16,18,20H,1-2,4-5,8-11,13H2. The Hall–Kier alpha value is -0.890. The molecule has 0 aromatic heterocycles. The zero-order valence-electron chi connectivity index (χ0n) is 12.3. The van der Waals surface area contributed by atoms with Gasteiger partial charge in [0.05, 0.1) is 0 Å². The van der Waals surface area contributed by atoms with Gasteiger partial charge in [-0.15, -0.1) is 0 Å². The lowest BCUT2D eigenvalue weighted by Gasteiger charge is -2.21. The molecule has 2 aliphatic rings. The fraction of sp³-hybridized carbons (Fsp3) is 0.667. The number of nitrogens with one attached hydrogen (secondary N) is 1. The third kappa shape index (κ3) is 4.31. The molecule has 0 saturated heterocycles. The lowest BCUT2D eigenvalue weighted by molar-refractivity contribution is 0.356. The first-order valence-electron chi connectivity index (χ1n) is 8.27. The number of benzene rings is 1. The molecule has 20 heavy (non-hydrogen) atoms. The molecular formula is C18H26FN. The van der Waals surface area contributed by atoms with Crippen molar-refractivity contribution in [3.8, 4) is 0 Å². The van der Waals surface area contributed by atoms with Crippen LogP contribution in [0.1, 0.15) is 50.5 Å². The number of halogens is 1. The highest BCUT2D eigenvalue weighted by Crippen LogP contribution is 2.31. The molecule has 0 heterocycles. The summed E-state index contributed by atoms with van der Waals surface area (Å²) < 4.78 is 13.3. The van der Waals surface area contributed by atoms with E-state index >= 15 is 0 Å². The summed E-state index contributed by atoms with van der Waals surface area (Å²) in [6, 6.07) is 7.93. The maximum atomic E-state index is 13.3. The summed E-state index contributed by atoms with van der Waals surface area (Å²) in [5.74, 6) is 1.48. The molecule has 3 rings (SSSR count). The third-order valence-electron chi connectivity index (χ3n) is 4.83. The second-order valence-electron chi connectivity index (χ2n) is 6.77. The Morgan fingerprint density at radius 2 is 1.95 bits per heavy atom. The van der Waals surface area contributed by atoms with Gasteiger partial charge >= 0.3 is 0 Å². The van der Waals surface area contributed by atoms with E-state index in [9.17, 15) is 4.39 Å². The van der Waals surface area contributed by atoms with E-state index in [1.807, 2.05) is 6.07 Å². The van der Waals surface area contributed by atoms with Crippen molar-refractivity contribution in [3.05, 3.63) is 35.6 Å². The van der Waals surface area contributed by atoms with Gasteiger partial charge in [0.2, 0.25) is 0 Å². The van der Waals surface area contributed by atoms with Crippen LogP contribution >= 0.6 is 0 Å².